The van der Waals surface area contributed by atoms with E-state index in [4.69, 9.17) is 10.2 Å². The molecular formula is C17H33LiO4. The Balaban J connectivity index is 0. The summed E-state index contributed by atoms with van der Waals surface area (Å²) in [6.45, 7) is 7.03. The first-order chi connectivity index (χ1) is 10.3. The van der Waals surface area contributed by atoms with Gasteiger partial charge in [-0.3, -0.25) is 9.59 Å². The zero-order valence-electron chi connectivity index (χ0n) is 14.9. The van der Waals surface area contributed by atoms with Crippen molar-refractivity contribution in [2.45, 2.75) is 83.7 Å². The third-order valence-electron chi connectivity index (χ3n) is 3.95. The van der Waals surface area contributed by atoms with Gasteiger partial charge in [-0.05, 0) is 0 Å². The molecule has 0 radical (unpaired) electrons. The van der Waals surface area contributed by atoms with E-state index in [2.05, 4.69) is 38.5 Å². The summed E-state index contributed by atoms with van der Waals surface area (Å²) in [5.74, 6) is -0.768. The fourth-order valence-corrected chi connectivity index (χ4v) is 2.50. The Labute approximate surface area is 145 Å². The summed E-state index contributed by atoms with van der Waals surface area (Å²) in [6.07, 6.45) is 10.8. The van der Waals surface area contributed by atoms with Crippen molar-refractivity contribution in [3.8, 4) is 0 Å². The van der Waals surface area contributed by atoms with E-state index >= 15 is 0 Å². The molecule has 1 atom stereocenters. The Morgan fingerprint density at radius 2 is 1.36 bits per heavy atom. The van der Waals surface area contributed by atoms with E-state index in [1.54, 1.807) is 0 Å². The van der Waals surface area contributed by atoms with E-state index in [9.17, 15) is 9.59 Å². The maximum absolute atomic E-state index is 9.43. The molecule has 0 aromatic carbocycles. The number of rotatable bonds is 12. The first-order valence-electron chi connectivity index (χ1n) is 8.78. The monoisotopic (exact) mass is 308 g/mol. The van der Waals surface area contributed by atoms with Gasteiger partial charge >= 0.3 is 119 Å². The van der Waals surface area contributed by atoms with Crippen LogP contribution in [0.2, 0.25) is 5.09 Å². The molecule has 5 heteroatoms. The second kappa shape index (κ2) is 16.9. The molecule has 126 valence electrons. The summed E-state index contributed by atoms with van der Waals surface area (Å²) in [7, 11) is 0. The Bertz CT molecular complexity index is 268. The van der Waals surface area contributed by atoms with Gasteiger partial charge in [0, 0.05) is 0 Å². The Hall–Kier alpha value is -0.463. The molecule has 0 saturated carbocycles. The predicted molar refractivity (Wildman–Crippen MR) is 91.4 cm³/mol. The van der Waals surface area contributed by atoms with E-state index < -0.39 is 18.4 Å². The van der Waals surface area contributed by atoms with Gasteiger partial charge in [-0.25, -0.2) is 0 Å². The molecule has 0 aliphatic rings. The molecule has 0 bridgehead atoms. The third-order valence-corrected chi connectivity index (χ3v) is 3.95. The van der Waals surface area contributed by atoms with Crippen LogP contribution in [-0.2, 0) is 9.59 Å². The van der Waals surface area contributed by atoms with Crippen LogP contribution >= 0.6 is 0 Å². The molecule has 0 amide bonds. The van der Waals surface area contributed by atoms with Gasteiger partial charge in [0.2, 0.25) is 0 Å². The summed E-state index contributed by atoms with van der Waals surface area (Å²) in [5, 5.41) is 16.8. The van der Waals surface area contributed by atoms with Crippen molar-refractivity contribution in [3.63, 3.8) is 0 Å². The van der Waals surface area contributed by atoms with Crippen molar-refractivity contribution in [1.29, 1.82) is 0 Å². The molecule has 0 heterocycles. The average Bonchev–Trinajstić information content (AvgIpc) is 2.40. The predicted octanol–water partition coefficient (Wildman–Crippen LogP) is 4.53. The SMILES string of the molecule is O=C(O)CC(=O)O.[Li][CH2]C(CCCCCCCCC)C(C)C. The van der Waals surface area contributed by atoms with Crippen molar-refractivity contribution in [2.24, 2.45) is 11.8 Å². The summed E-state index contributed by atoms with van der Waals surface area (Å²) < 4.78 is 0. The summed E-state index contributed by atoms with van der Waals surface area (Å²) in [4.78, 5) is 18.9. The van der Waals surface area contributed by atoms with Gasteiger partial charge in [-0.1, -0.05) is 0 Å². The van der Waals surface area contributed by atoms with Crippen LogP contribution < -0.4 is 0 Å². The number of hydrogen-bond acceptors (Lipinski definition) is 2. The van der Waals surface area contributed by atoms with Crippen LogP contribution in [0.1, 0.15) is 78.6 Å². The topological polar surface area (TPSA) is 74.6 Å². The van der Waals surface area contributed by atoms with E-state index in [0.717, 1.165) is 11.8 Å². The van der Waals surface area contributed by atoms with Crippen molar-refractivity contribution >= 4 is 29.7 Å². The van der Waals surface area contributed by atoms with Crippen molar-refractivity contribution < 1.29 is 19.8 Å². The van der Waals surface area contributed by atoms with Crippen molar-refractivity contribution in [3.05, 3.63) is 0 Å². The number of carbonyl (C=O) groups is 2. The van der Waals surface area contributed by atoms with Crippen molar-refractivity contribution in [1.82, 2.24) is 0 Å². The van der Waals surface area contributed by atoms with Gasteiger partial charge in [0.05, 0.1) is 0 Å². The molecule has 4 nitrogen and oxygen atoms in total. The second-order valence-electron chi connectivity index (χ2n) is 6.29. The number of carboxylic acid groups (broad SMARTS) is 2. The fourth-order valence-electron chi connectivity index (χ4n) is 2.50. The molecule has 0 aliphatic heterocycles. The number of carboxylic acids is 2. The fraction of sp³-hybridized carbons (Fsp3) is 0.882. The maximum atomic E-state index is 9.43. The molecule has 2 N–H and O–H groups in total. The molecule has 22 heavy (non-hydrogen) atoms. The zero-order valence-corrected chi connectivity index (χ0v) is 14.9. The molecule has 0 rings (SSSR count). The number of unbranched alkanes of at least 4 members (excludes halogenated alkanes) is 6. The van der Waals surface area contributed by atoms with Gasteiger partial charge in [0.1, 0.15) is 6.42 Å². The van der Waals surface area contributed by atoms with Crippen molar-refractivity contribution in [2.75, 3.05) is 0 Å². The molecule has 0 aliphatic carbocycles. The zero-order chi connectivity index (χ0) is 17.4. The number of aliphatic carboxylic acids is 2. The summed E-state index contributed by atoms with van der Waals surface area (Å²) in [5.41, 5.74) is 0. The van der Waals surface area contributed by atoms with Gasteiger partial charge in [0.15, 0.2) is 0 Å². The van der Waals surface area contributed by atoms with Gasteiger partial charge in [0.25, 0.3) is 0 Å². The number of hydrogen-bond donors (Lipinski definition) is 2. The second-order valence-corrected chi connectivity index (χ2v) is 6.29. The van der Waals surface area contributed by atoms with Gasteiger partial charge in [-0.2, -0.15) is 0 Å². The molecule has 0 spiro atoms. The standard InChI is InChI=1S/C14H29.C3H4O4.Li/c1-5-6-7-8-9-10-11-12-14(4)13(2)3;4-2(5)1-3(6)7;/h13-14H,4-12H2,1-3H3;1H2,(H,4,5)(H,6,7);. The average molecular weight is 308 g/mol. The quantitative estimate of drug-likeness (QED) is 0.315. The normalized spacial score (nSPS) is 11.7. The summed E-state index contributed by atoms with van der Waals surface area (Å²) in [6, 6.07) is 0. The summed E-state index contributed by atoms with van der Waals surface area (Å²) >= 11 is 2.34. The van der Waals surface area contributed by atoms with Gasteiger partial charge in [-0.15, -0.1) is 0 Å². The van der Waals surface area contributed by atoms with Gasteiger partial charge < -0.3 is 10.2 Å². The first-order valence-corrected chi connectivity index (χ1v) is 8.78. The minimum absolute atomic E-state index is 0.806. The Kier molecular flexibility index (Phi) is 18.3. The van der Waals surface area contributed by atoms with E-state index in [1.165, 1.54) is 56.5 Å². The van der Waals surface area contributed by atoms with Crippen LogP contribution in [0, 0.1) is 11.8 Å². The van der Waals surface area contributed by atoms with E-state index in [1.807, 2.05) is 0 Å². The van der Waals surface area contributed by atoms with Crippen LogP contribution in [0.4, 0.5) is 0 Å². The Morgan fingerprint density at radius 3 is 1.68 bits per heavy atom. The van der Waals surface area contributed by atoms with Crippen LogP contribution in [0.3, 0.4) is 0 Å². The molecule has 0 aromatic rings. The van der Waals surface area contributed by atoms with Crippen LogP contribution in [-0.4, -0.2) is 39.9 Å². The molecule has 0 fully saturated rings. The molecule has 1 unspecified atom stereocenters. The van der Waals surface area contributed by atoms with Crippen LogP contribution in [0.25, 0.3) is 0 Å². The molecular weight excluding hydrogens is 275 g/mol. The van der Waals surface area contributed by atoms with E-state index in [-0.39, 0.29) is 0 Å². The Morgan fingerprint density at radius 1 is 0.909 bits per heavy atom. The third kappa shape index (κ3) is 19.5. The van der Waals surface area contributed by atoms with Crippen LogP contribution in [0.5, 0.6) is 0 Å². The molecule has 0 aromatic heterocycles. The van der Waals surface area contributed by atoms with Crippen LogP contribution in [0.15, 0.2) is 0 Å². The molecule has 0 saturated heterocycles. The minimum atomic E-state index is -1.31. The first kappa shape index (κ1) is 23.8. The van der Waals surface area contributed by atoms with E-state index in [0.29, 0.717) is 0 Å².